The van der Waals surface area contributed by atoms with Gasteiger partial charge in [-0.25, -0.2) is 4.79 Å². The molecule has 33 heavy (non-hydrogen) atoms. The van der Waals surface area contributed by atoms with Gasteiger partial charge in [-0.15, -0.1) is 0 Å². The van der Waals surface area contributed by atoms with E-state index < -0.39 is 23.5 Å². The molecule has 0 saturated heterocycles. The molecule has 0 aliphatic rings. The number of hydrogen-bond donors (Lipinski definition) is 4. The van der Waals surface area contributed by atoms with Gasteiger partial charge in [0.25, 0.3) is 5.91 Å². The second-order valence-corrected chi connectivity index (χ2v) is 6.34. The number of rotatable bonds is 24. The third kappa shape index (κ3) is 22.8. The van der Waals surface area contributed by atoms with E-state index >= 15 is 0 Å². The molecule has 0 radical (unpaired) electrons. The van der Waals surface area contributed by atoms with Crippen LogP contribution in [0.3, 0.4) is 0 Å². The summed E-state index contributed by atoms with van der Waals surface area (Å²) in [6.07, 6.45) is 0.464. The maximum absolute atomic E-state index is 11.6. The van der Waals surface area contributed by atoms with Crippen molar-refractivity contribution in [1.29, 1.82) is 0 Å². The molecule has 0 saturated carbocycles. The van der Waals surface area contributed by atoms with Crippen molar-refractivity contribution < 1.29 is 47.9 Å². The number of nitrogens with two attached hydrogens (primary N) is 1. The van der Waals surface area contributed by atoms with Crippen molar-refractivity contribution in [3.8, 4) is 0 Å². The topological polar surface area (TPSA) is 177 Å². The molecule has 0 aromatic rings. The second kappa shape index (κ2) is 23.0. The van der Waals surface area contributed by atoms with Gasteiger partial charge in [-0.05, 0) is 7.05 Å². The molecular weight excluding hydrogens is 442 g/mol. The van der Waals surface area contributed by atoms with E-state index in [1.54, 1.807) is 0 Å². The lowest BCUT2D eigenvalue weighted by atomic mass is 10.3. The van der Waals surface area contributed by atoms with Gasteiger partial charge in [0.2, 0.25) is 5.91 Å². The van der Waals surface area contributed by atoms with Crippen molar-refractivity contribution in [2.75, 3.05) is 92.9 Å². The van der Waals surface area contributed by atoms with E-state index in [1.165, 1.54) is 0 Å². The lowest BCUT2D eigenvalue weighted by Crippen LogP contribution is -2.32. The van der Waals surface area contributed by atoms with E-state index in [0.29, 0.717) is 72.1 Å². The van der Waals surface area contributed by atoms with Crippen LogP contribution in [-0.4, -0.2) is 116 Å². The molecule has 0 aliphatic heterocycles. The van der Waals surface area contributed by atoms with Crippen LogP contribution in [0.25, 0.3) is 0 Å². The molecule has 0 spiro atoms. The lowest BCUT2D eigenvalue weighted by molar-refractivity contribution is -0.131. The van der Waals surface area contributed by atoms with E-state index in [9.17, 15) is 14.4 Å². The molecule has 0 rings (SSSR count). The van der Waals surface area contributed by atoms with E-state index in [-0.39, 0.29) is 19.6 Å². The van der Waals surface area contributed by atoms with Gasteiger partial charge in [0.05, 0.1) is 91.8 Å². The van der Waals surface area contributed by atoms with Crippen LogP contribution in [-0.2, 0) is 42.8 Å². The third-order valence-corrected chi connectivity index (χ3v) is 3.64. The van der Waals surface area contributed by atoms with Crippen LogP contribution in [0.15, 0.2) is 11.8 Å². The van der Waals surface area contributed by atoms with Gasteiger partial charge in [0.15, 0.2) is 0 Å². The zero-order valence-corrected chi connectivity index (χ0v) is 19.2. The van der Waals surface area contributed by atoms with Crippen LogP contribution in [0.1, 0.15) is 6.42 Å². The van der Waals surface area contributed by atoms with E-state index in [2.05, 4.69) is 10.6 Å². The molecule has 0 aromatic carbocycles. The Kier molecular flexibility index (Phi) is 21.6. The van der Waals surface area contributed by atoms with Crippen LogP contribution in [0.2, 0.25) is 0 Å². The Labute approximate surface area is 193 Å². The van der Waals surface area contributed by atoms with Crippen LogP contribution < -0.4 is 16.4 Å². The van der Waals surface area contributed by atoms with Gasteiger partial charge < -0.3 is 49.9 Å². The molecule has 0 aromatic heterocycles. The van der Waals surface area contributed by atoms with Crippen molar-refractivity contribution in [3.05, 3.63) is 11.8 Å². The summed E-state index contributed by atoms with van der Waals surface area (Å²) in [5.74, 6) is -3.02. The van der Waals surface area contributed by atoms with E-state index in [1.807, 2.05) is 7.05 Å². The summed E-state index contributed by atoms with van der Waals surface area (Å²) >= 11 is 0. The molecule has 0 atom stereocenters. The normalized spacial score (nSPS) is 11.5. The molecule has 13 nitrogen and oxygen atoms in total. The zero-order valence-electron chi connectivity index (χ0n) is 19.2. The minimum atomic E-state index is -1.39. The predicted molar refractivity (Wildman–Crippen MR) is 117 cm³/mol. The molecule has 5 N–H and O–H groups in total. The minimum Gasteiger partial charge on any atom is -0.478 e. The first-order valence-corrected chi connectivity index (χ1v) is 10.6. The van der Waals surface area contributed by atoms with Crippen molar-refractivity contribution >= 4 is 17.8 Å². The summed E-state index contributed by atoms with van der Waals surface area (Å²) in [6.45, 7) is 5.98. The van der Waals surface area contributed by atoms with Crippen LogP contribution in [0.4, 0.5) is 0 Å². The second-order valence-electron chi connectivity index (χ2n) is 6.34. The zero-order chi connectivity index (χ0) is 24.6. The first-order valence-electron chi connectivity index (χ1n) is 10.6. The molecule has 0 fully saturated rings. The molecule has 0 bridgehead atoms. The Morgan fingerprint density at radius 2 is 1.12 bits per heavy atom. The summed E-state index contributed by atoms with van der Waals surface area (Å²) in [6, 6.07) is 0. The Balaban J connectivity index is 3.35. The maximum Gasteiger partial charge on any atom is 0.330 e. The number of ether oxygens (including phenoxy) is 6. The number of aliphatic carboxylic acids is 1. The molecular formula is C20H37N3O10. The summed E-state index contributed by atoms with van der Waals surface area (Å²) in [4.78, 5) is 33.2. The fourth-order valence-corrected chi connectivity index (χ4v) is 2.05. The number of amides is 2. The largest absolute Gasteiger partial charge is 0.478 e. The van der Waals surface area contributed by atoms with E-state index in [4.69, 9.17) is 39.3 Å². The highest BCUT2D eigenvalue weighted by Crippen LogP contribution is 1.92. The molecule has 2 amide bonds. The van der Waals surface area contributed by atoms with Crippen molar-refractivity contribution in [3.63, 3.8) is 0 Å². The highest BCUT2D eigenvalue weighted by Gasteiger charge is 2.11. The number of carbonyl (C=O) groups excluding carboxylic acids is 2. The predicted octanol–water partition coefficient (Wildman–Crippen LogP) is -1.73. The van der Waals surface area contributed by atoms with Gasteiger partial charge in [-0.3, -0.25) is 9.59 Å². The summed E-state index contributed by atoms with van der Waals surface area (Å²) in [7, 11) is 1.87. The number of hydrogen-bond acceptors (Lipinski definition) is 10. The third-order valence-electron chi connectivity index (χ3n) is 3.64. The van der Waals surface area contributed by atoms with Crippen molar-refractivity contribution in [2.24, 2.45) is 5.73 Å². The SMILES string of the molecule is CNCCOCCOCCOCCOCCOCCOCCC(=O)N/C(=C\C(=O)O)C(N)=O. The monoisotopic (exact) mass is 479 g/mol. The number of carboxylic acid groups (broad SMARTS) is 1. The fourth-order valence-electron chi connectivity index (χ4n) is 2.05. The first-order chi connectivity index (χ1) is 16.0. The molecule has 0 aliphatic carbocycles. The summed E-state index contributed by atoms with van der Waals surface area (Å²) in [5, 5.41) is 13.7. The number of likely N-dealkylation sites (N-methyl/N-ethyl adjacent to an activating group) is 1. The van der Waals surface area contributed by atoms with Gasteiger partial charge >= 0.3 is 5.97 Å². The van der Waals surface area contributed by atoms with E-state index in [0.717, 1.165) is 6.54 Å². The number of nitrogens with one attached hydrogen (secondary N) is 2. The first kappa shape index (κ1) is 30.9. The maximum atomic E-state index is 11.6. The molecule has 13 heteroatoms. The molecule has 0 heterocycles. The Morgan fingerprint density at radius 3 is 1.48 bits per heavy atom. The Bertz CT molecular complexity index is 560. The standard InChI is InChI=1S/C20H37N3O10/c1-22-3-5-29-7-9-31-11-13-33-15-14-32-12-10-30-8-6-28-4-2-18(24)23-17(20(21)27)16-19(25)26/h16,22H,2-15H2,1H3,(H2,21,27)(H,23,24)(H,25,26)/b17-16-. The summed E-state index contributed by atoms with van der Waals surface area (Å²) in [5.41, 5.74) is 4.49. The molecule has 192 valence electrons. The van der Waals surface area contributed by atoms with Crippen molar-refractivity contribution in [2.45, 2.75) is 6.42 Å². The number of primary amides is 1. The fraction of sp³-hybridized carbons (Fsp3) is 0.750. The minimum absolute atomic E-state index is 0.0666. The van der Waals surface area contributed by atoms with Gasteiger partial charge in [0.1, 0.15) is 5.70 Å². The van der Waals surface area contributed by atoms with Gasteiger partial charge in [0, 0.05) is 6.54 Å². The highest BCUT2D eigenvalue weighted by molar-refractivity contribution is 6.00. The van der Waals surface area contributed by atoms with Crippen LogP contribution in [0.5, 0.6) is 0 Å². The average molecular weight is 480 g/mol. The van der Waals surface area contributed by atoms with Crippen LogP contribution in [0, 0.1) is 0 Å². The van der Waals surface area contributed by atoms with Gasteiger partial charge in [-0.2, -0.15) is 0 Å². The average Bonchev–Trinajstić information content (AvgIpc) is 2.77. The Hall–Kier alpha value is -2.13. The highest BCUT2D eigenvalue weighted by atomic mass is 16.6. The lowest BCUT2D eigenvalue weighted by Gasteiger charge is -2.08. The van der Waals surface area contributed by atoms with Gasteiger partial charge in [-0.1, -0.05) is 0 Å². The number of carbonyl (C=O) groups is 3. The number of carboxylic acids is 1. The summed E-state index contributed by atoms with van der Waals surface area (Å²) < 4.78 is 32.0. The van der Waals surface area contributed by atoms with Crippen LogP contribution >= 0.6 is 0 Å². The quantitative estimate of drug-likeness (QED) is 0.0913. The molecule has 0 unspecified atom stereocenters. The van der Waals surface area contributed by atoms with Crippen molar-refractivity contribution in [1.82, 2.24) is 10.6 Å². The Morgan fingerprint density at radius 1 is 0.727 bits per heavy atom. The smallest absolute Gasteiger partial charge is 0.330 e.